The quantitative estimate of drug-likeness (QED) is 0.390. The smallest absolute Gasteiger partial charge is 0.271 e. The summed E-state index contributed by atoms with van der Waals surface area (Å²) in [6.07, 6.45) is 1.59. The van der Waals surface area contributed by atoms with E-state index in [1.54, 1.807) is 12.3 Å². The molecule has 1 amide bonds. The highest BCUT2D eigenvalue weighted by molar-refractivity contribution is 14.1. The number of benzene rings is 2. The Morgan fingerprint density at radius 2 is 1.96 bits per heavy atom. The first kappa shape index (κ1) is 19.2. The average molecular weight is 452 g/mol. The van der Waals surface area contributed by atoms with Crippen LogP contribution in [0.3, 0.4) is 0 Å². The fourth-order valence-electron chi connectivity index (χ4n) is 2.23. The Hall–Kier alpha value is -2.09. The summed E-state index contributed by atoms with van der Waals surface area (Å²) in [7, 11) is 0. The molecule has 0 aliphatic carbocycles. The van der Waals surface area contributed by atoms with Crippen molar-refractivity contribution in [2.24, 2.45) is 5.10 Å². The van der Waals surface area contributed by atoms with Crippen LogP contribution in [0, 0.1) is 10.5 Å². The van der Waals surface area contributed by atoms with Gasteiger partial charge in [0.15, 0.2) is 11.5 Å². The summed E-state index contributed by atoms with van der Waals surface area (Å²) >= 11 is 2.20. The van der Waals surface area contributed by atoms with Crippen LogP contribution >= 0.6 is 22.6 Å². The van der Waals surface area contributed by atoms with Gasteiger partial charge in [-0.3, -0.25) is 4.79 Å². The van der Waals surface area contributed by atoms with E-state index in [2.05, 4.69) is 33.1 Å². The van der Waals surface area contributed by atoms with E-state index in [1.165, 1.54) is 0 Å². The van der Waals surface area contributed by atoms with E-state index in [9.17, 15) is 4.79 Å². The summed E-state index contributed by atoms with van der Waals surface area (Å²) in [5.41, 5.74) is 4.97. The molecular formula is C19H21IN2O3. The number of hydrazone groups is 1. The Morgan fingerprint density at radius 1 is 1.20 bits per heavy atom. The largest absolute Gasteiger partial charge is 0.490 e. The van der Waals surface area contributed by atoms with Crippen molar-refractivity contribution in [1.29, 1.82) is 0 Å². The van der Waals surface area contributed by atoms with Crippen molar-refractivity contribution in [2.75, 3.05) is 13.2 Å². The normalized spacial score (nSPS) is 10.7. The maximum Gasteiger partial charge on any atom is 0.271 e. The van der Waals surface area contributed by atoms with Gasteiger partial charge in [0.05, 0.1) is 23.0 Å². The van der Waals surface area contributed by atoms with Crippen LogP contribution in [0.15, 0.2) is 41.5 Å². The molecule has 0 aliphatic heterocycles. The number of hydrogen-bond acceptors (Lipinski definition) is 4. The summed E-state index contributed by atoms with van der Waals surface area (Å²) in [5, 5.41) is 4.04. The Kier molecular flexibility index (Phi) is 7.24. The van der Waals surface area contributed by atoms with Crippen LogP contribution in [0.4, 0.5) is 0 Å². The number of amides is 1. The van der Waals surface area contributed by atoms with Gasteiger partial charge in [-0.25, -0.2) is 5.43 Å². The summed E-state index contributed by atoms with van der Waals surface area (Å²) in [6, 6.07) is 11.1. The lowest BCUT2D eigenvalue weighted by molar-refractivity contribution is 0.0955. The second kappa shape index (κ2) is 9.41. The predicted octanol–water partition coefficient (Wildman–Crippen LogP) is 4.16. The SMILES string of the molecule is CCOc1cc(C=NNC(=O)c2cccc(C)c2)cc(I)c1OCC. The van der Waals surface area contributed by atoms with Crippen LogP contribution < -0.4 is 14.9 Å². The molecule has 0 aliphatic rings. The number of aryl methyl sites for hydroxylation is 1. The number of nitrogens with one attached hydrogen (secondary N) is 1. The molecule has 2 rings (SSSR count). The molecule has 0 saturated carbocycles. The molecule has 25 heavy (non-hydrogen) atoms. The van der Waals surface area contributed by atoms with E-state index >= 15 is 0 Å². The number of carbonyl (C=O) groups is 1. The van der Waals surface area contributed by atoms with Gasteiger partial charge in [-0.1, -0.05) is 17.7 Å². The molecule has 0 atom stereocenters. The molecular weight excluding hydrogens is 431 g/mol. The second-order valence-corrected chi connectivity index (χ2v) is 6.43. The molecule has 0 saturated heterocycles. The topological polar surface area (TPSA) is 59.9 Å². The number of carbonyl (C=O) groups excluding carboxylic acids is 1. The van der Waals surface area contributed by atoms with Crippen molar-refractivity contribution >= 4 is 34.7 Å². The molecule has 6 heteroatoms. The lowest BCUT2D eigenvalue weighted by atomic mass is 10.1. The van der Waals surface area contributed by atoms with Crippen LogP contribution in [0.5, 0.6) is 11.5 Å². The summed E-state index contributed by atoms with van der Waals surface area (Å²) < 4.78 is 12.2. The van der Waals surface area contributed by atoms with Crippen molar-refractivity contribution in [3.63, 3.8) is 0 Å². The zero-order chi connectivity index (χ0) is 18.2. The fraction of sp³-hybridized carbons (Fsp3) is 0.263. The minimum atomic E-state index is -0.245. The third kappa shape index (κ3) is 5.45. The fourth-order valence-corrected chi connectivity index (χ4v) is 3.01. The Balaban J connectivity index is 2.13. The Labute approximate surface area is 161 Å². The standard InChI is InChI=1S/C19H21IN2O3/c1-4-24-17-11-14(10-16(20)18(17)25-5-2)12-21-22-19(23)15-8-6-7-13(3)9-15/h6-12H,4-5H2,1-3H3,(H,22,23). The average Bonchev–Trinajstić information content (AvgIpc) is 2.58. The monoisotopic (exact) mass is 452 g/mol. The van der Waals surface area contributed by atoms with E-state index in [4.69, 9.17) is 9.47 Å². The van der Waals surface area contributed by atoms with Crippen molar-refractivity contribution in [3.8, 4) is 11.5 Å². The maximum absolute atomic E-state index is 12.1. The van der Waals surface area contributed by atoms with Crippen molar-refractivity contribution in [1.82, 2.24) is 5.43 Å². The van der Waals surface area contributed by atoms with Gasteiger partial charge < -0.3 is 9.47 Å². The van der Waals surface area contributed by atoms with E-state index < -0.39 is 0 Å². The molecule has 1 N–H and O–H groups in total. The van der Waals surface area contributed by atoms with E-state index in [0.717, 1.165) is 20.4 Å². The number of nitrogens with zero attached hydrogens (tertiary/aromatic N) is 1. The highest BCUT2D eigenvalue weighted by atomic mass is 127. The molecule has 2 aromatic carbocycles. The van der Waals surface area contributed by atoms with Crippen molar-refractivity contribution in [2.45, 2.75) is 20.8 Å². The second-order valence-electron chi connectivity index (χ2n) is 5.26. The summed E-state index contributed by atoms with van der Waals surface area (Å²) in [6.45, 7) is 6.90. The molecule has 0 heterocycles. The first-order valence-electron chi connectivity index (χ1n) is 8.04. The highest BCUT2D eigenvalue weighted by Crippen LogP contribution is 2.33. The van der Waals surface area contributed by atoms with Crippen LogP contribution in [-0.4, -0.2) is 25.3 Å². The van der Waals surface area contributed by atoms with Gasteiger partial charge in [0.1, 0.15) is 0 Å². The molecule has 0 unspecified atom stereocenters. The van der Waals surface area contributed by atoms with Gasteiger partial charge in [-0.15, -0.1) is 0 Å². The lowest BCUT2D eigenvalue weighted by Gasteiger charge is -2.13. The van der Waals surface area contributed by atoms with Crippen LogP contribution in [0.25, 0.3) is 0 Å². The summed E-state index contributed by atoms with van der Waals surface area (Å²) in [5.74, 6) is 1.15. The predicted molar refractivity (Wildman–Crippen MR) is 108 cm³/mol. The van der Waals surface area contributed by atoms with Gasteiger partial charge in [-0.2, -0.15) is 5.10 Å². The van der Waals surface area contributed by atoms with Crippen LogP contribution in [-0.2, 0) is 0 Å². The van der Waals surface area contributed by atoms with Gasteiger partial charge in [-0.05, 0) is 73.2 Å². The molecule has 5 nitrogen and oxygen atoms in total. The molecule has 0 spiro atoms. The van der Waals surface area contributed by atoms with Gasteiger partial charge in [0.2, 0.25) is 0 Å². The molecule has 0 aromatic heterocycles. The van der Waals surface area contributed by atoms with E-state index in [1.807, 2.05) is 51.1 Å². The van der Waals surface area contributed by atoms with E-state index in [-0.39, 0.29) is 5.91 Å². The Morgan fingerprint density at radius 3 is 2.64 bits per heavy atom. The third-order valence-corrected chi connectivity index (χ3v) is 4.08. The zero-order valence-electron chi connectivity index (χ0n) is 14.5. The van der Waals surface area contributed by atoms with Crippen LogP contribution in [0.2, 0.25) is 0 Å². The molecule has 0 bridgehead atoms. The highest BCUT2D eigenvalue weighted by Gasteiger charge is 2.11. The van der Waals surface area contributed by atoms with Crippen LogP contribution in [0.1, 0.15) is 35.3 Å². The maximum atomic E-state index is 12.1. The molecule has 2 aromatic rings. The first-order valence-corrected chi connectivity index (χ1v) is 9.12. The number of ether oxygens (including phenoxy) is 2. The van der Waals surface area contributed by atoms with Gasteiger partial charge in [0.25, 0.3) is 5.91 Å². The van der Waals surface area contributed by atoms with Gasteiger partial charge >= 0.3 is 0 Å². The van der Waals surface area contributed by atoms with Gasteiger partial charge in [0, 0.05) is 5.56 Å². The number of hydrogen-bond donors (Lipinski definition) is 1. The minimum Gasteiger partial charge on any atom is -0.490 e. The number of halogens is 1. The Bertz CT molecular complexity index is 775. The molecule has 132 valence electrons. The minimum absolute atomic E-state index is 0.245. The molecule has 0 fully saturated rings. The lowest BCUT2D eigenvalue weighted by Crippen LogP contribution is -2.17. The third-order valence-electron chi connectivity index (χ3n) is 3.28. The summed E-state index contributed by atoms with van der Waals surface area (Å²) in [4.78, 5) is 12.1. The number of rotatable bonds is 7. The zero-order valence-corrected chi connectivity index (χ0v) is 16.7. The van der Waals surface area contributed by atoms with E-state index in [0.29, 0.717) is 24.5 Å². The first-order chi connectivity index (χ1) is 12.0. The van der Waals surface area contributed by atoms with Crippen molar-refractivity contribution < 1.29 is 14.3 Å². The van der Waals surface area contributed by atoms with Crippen molar-refractivity contribution in [3.05, 3.63) is 56.7 Å². The molecule has 0 radical (unpaired) electrons.